The molecular weight excluding hydrogens is 240 g/mol. The molecule has 110 valence electrons. The molecule has 1 saturated carbocycles. The van der Waals surface area contributed by atoms with E-state index in [1.165, 1.54) is 32.1 Å². The maximum atomic E-state index is 10.7. The van der Waals surface area contributed by atoms with Crippen LogP contribution in [0.5, 0.6) is 0 Å². The minimum Gasteiger partial charge on any atom is -0.393 e. The maximum absolute atomic E-state index is 10.7. The molecule has 3 rings (SSSR count). The first kappa shape index (κ1) is 13.8. The van der Waals surface area contributed by atoms with Crippen LogP contribution in [0.25, 0.3) is 0 Å². The van der Waals surface area contributed by atoms with Crippen LogP contribution in [0, 0.1) is 11.8 Å². The van der Waals surface area contributed by atoms with Crippen molar-refractivity contribution in [2.75, 3.05) is 19.8 Å². The number of hydrogen-bond donors (Lipinski definition) is 1. The van der Waals surface area contributed by atoms with E-state index in [0.29, 0.717) is 11.8 Å². The van der Waals surface area contributed by atoms with Gasteiger partial charge in [-0.2, -0.15) is 0 Å². The highest BCUT2D eigenvalue weighted by Gasteiger charge is 2.42. The summed E-state index contributed by atoms with van der Waals surface area (Å²) >= 11 is 0. The molecule has 2 heterocycles. The fourth-order valence-corrected chi connectivity index (χ4v) is 4.31. The van der Waals surface area contributed by atoms with Crippen LogP contribution in [-0.4, -0.2) is 36.6 Å². The van der Waals surface area contributed by atoms with E-state index in [0.717, 1.165) is 45.5 Å². The van der Waals surface area contributed by atoms with E-state index in [9.17, 15) is 5.11 Å². The standard InChI is InChI=1S/C16H28O3/c17-15(13-4-2-1-3-5-13)14-6-9-19-16(12-14)7-10-18-11-8-16/h13-15,17H,1-12H2. The Kier molecular flexibility index (Phi) is 4.45. The van der Waals surface area contributed by atoms with Crippen LogP contribution in [0.3, 0.4) is 0 Å². The van der Waals surface area contributed by atoms with E-state index in [1.54, 1.807) is 0 Å². The molecule has 0 bridgehead atoms. The highest BCUT2D eigenvalue weighted by atomic mass is 16.5. The fourth-order valence-electron chi connectivity index (χ4n) is 4.31. The molecule has 2 atom stereocenters. The largest absolute Gasteiger partial charge is 0.393 e. The average molecular weight is 268 g/mol. The predicted octanol–water partition coefficient (Wildman–Crippen LogP) is 2.90. The highest BCUT2D eigenvalue weighted by molar-refractivity contribution is 4.92. The van der Waals surface area contributed by atoms with E-state index in [2.05, 4.69) is 0 Å². The van der Waals surface area contributed by atoms with Gasteiger partial charge in [-0.15, -0.1) is 0 Å². The zero-order valence-corrected chi connectivity index (χ0v) is 12.0. The molecule has 2 saturated heterocycles. The van der Waals surface area contributed by atoms with Crippen LogP contribution >= 0.6 is 0 Å². The molecule has 0 radical (unpaired) electrons. The van der Waals surface area contributed by atoms with Gasteiger partial charge >= 0.3 is 0 Å². The van der Waals surface area contributed by atoms with Crippen LogP contribution in [0.2, 0.25) is 0 Å². The van der Waals surface area contributed by atoms with Gasteiger partial charge in [0.1, 0.15) is 0 Å². The molecule has 3 nitrogen and oxygen atoms in total. The van der Waals surface area contributed by atoms with Crippen molar-refractivity contribution in [3.8, 4) is 0 Å². The predicted molar refractivity (Wildman–Crippen MR) is 74.0 cm³/mol. The summed E-state index contributed by atoms with van der Waals surface area (Å²) in [6.45, 7) is 2.48. The molecule has 3 aliphatic rings. The third kappa shape index (κ3) is 3.14. The second-order valence-corrected chi connectivity index (χ2v) is 6.79. The lowest BCUT2D eigenvalue weighted by Crippen LogP contribution is -2.47. The van der Waals surface area contributed by atoms with Gasteiger partial charge < -0.3 is 14.6 Å². The van der Waals surface area contributed by atoms with Crippen LogP contribution < -0.4 is 0 Å². The SMILES string of the molecule is OC(C1CCCCC1)C1CCOC2(CCOCC2)C1. The van der Waals surface area contributed by atoms with Gasteiger partial charge in [0.15, 0.2) is 0 Å². The van der Waals surface area contributed by atoms with Gasteiger partial charge in [-0.25, -0.2) is 0 Å². The van der Waals surface area contributed by atoms with E-state index in [-0.39, 0.29) is 11.7 Å². The number of rotatable bonds is 2. The molecule has 2 aliphatic heterocycles. The Labute approximate surface area is 116 Å². The van der Waals surface area contributed by atoms with Crippen LogP contribution in [-0.2, 0) is 9.47 Å². The Morgan fingerprint density at radius 1 is 0.895 bits per heavy atom. The maximum Gasteiger partial charge on any atom is 0.0730 e. The lowest BCUT2D eigenvalue weighted by atomic mass is 9.73. The zero-order valence-electron chi connectivity index (χ0n) is 12.0. The molecule has 3 fully saturated rings. The molecule has 2 unspecified atom stereocenters. The summed E-state index contributed by atoms with van der Waals surface area (Å²) in [4.78, 5) is 0. The highest BCUT2D eigenvalue weighted by Crippen LogP contribution is 2.41. The number of ether oxygens (including phenoxy) is 2. The van der Waals surface area contributed by atoms with Crippen LogP contribution in [0.4, 0.5) is 0 Å². The van der Waals surface area contributed by atoms with Crippen molar-refractivity contribution in [3.63, 3.8) is 0 Å². The summed E-state index contributed by atoms with van der Waals surface area (Å²) in [6.07, 6.45) is 10.5. The molecule has 0 aromatic heterocycles. The summed E-state index contributed by atoms with van der Waals surface area (Å²) in [5.41, 5.74) is 0.0246. The summed E-state index contributed by atoms with van der Waals surface area (Å²) in [5.74, 6) is 1.00. The quantitative estimate of drug-likeness (QED) is 0.837. The van der Waals surface area contributed by atoms with Gasteiger partial charge in [-0.3, -0.25) is 0 Å². The first-order valence-corrected chi connectivity index (χ1v) is 8.19. The smallest absolute Gasteiger partial charge is 0.0730 e. The van der Waals surface area contributed by atoms with Gasteiger partial charge in [0, 0.05) is 19.8 Å². The normalized spacial score (nSPS) is 34.3. The first-order chi connectivity index (χ1) is 9.29. The molecule has 1 spiro atoms. The zero-order chi connectivity index (χ0) is 13.1. The molecule has 19 heavy (non-hydrogen) atoms. The van der Waals surface area contributed by atoms with E-state index >= 15 is 0 Å². The molecule has 3 heteroatoms. The van der Waals surface area contributed by atoms with E-state index < -0.39 is 0 Å². The van der Waals surface area contributed by atoms with Crippen molar-refractivity contribution in [1.29, 1.82) is 0 Å². The van der Waals surface area contributed by atoms with Crippen molar-refractivity contribution in [2.24, 2.45) is 11.8 Å². The average Bonchev–Trinajstić information content (AvgIpc) is 2.48. The Morgan fingerprint density at radius 3 is 2.37 bits per heavy atom. The molecule has 0 aromatic rings. The van der Waals surface area contributed by atoms with Crippen molar-refractivity contribution < 1.29 is 14.6 Å². The monoisotopic (exact) mass is 268 g/mol. The molecule has 1 N–H and O–H groups in total. The van der Waals surface area contributed by atoms with E-state index in [1.807, 2.05) is 0 Å². The topological polar surface area (TPSA) is 38.7 Å². The van der Waals surface area contributed by atoms with Crippen molar-refractivity contribution >= 4 is 0 Å². The van der Waals surface area contributed by atoms with Crippen LogP contribution in [0.15, 0.2) is 0 Å². The second kappa shape index (κ2) is 6.11. The van der Waals surface area contributed by atoms with Gasteiger partial charge in [-0.05, 0) is 50.4 Å². The molecule has 1 aliphatic carbocycles. The van der Waals surface area contributed by atoms with Crippen molar-refractivity contribution in [3.05, 3.63) is 0 Å². The number of aliphatic hydroxyl groups excluding tert-OH is 1. The summed E-state index contributed by atoms with van der Waals surface area (Å²) < 4.78 is 11.5. The Hall–Kier alpha value is -0.120. The fraction of sp³-hybridized carbons (Fsp3) is 1.00. The summed E-state index contributed by atoms with van der Waals surface area (Å²) in [5, 5.41) is 10.7. The molecule has 0 amide bonds. The van der Waals surface area contributed by atoms with Gasteiger partial charge in [-0.1, -0.05) is 19.3 Å². The van der Waals surface area contributed by atoms with Gasteiger partial charge in [0.25, 0.3) is 0 Å². The molecular formula is C16H28O3. The molecule has 0 aromatic carbocycles. The number of hydrogen-bond acceptors (Lipinski definition) is 3. The minimum atomic E-state index is -0.0936. The van der Waals surface area contributed by atoms with Crippen molar-refractivity contribution in [1.82, 2.24) is 0 Å². The number of aliphatic hydroxyl groups is 1. The van der Waals surface area contributed by atoms with Crippen molar-refractivity contribution in [2.45, 2.75) is 69.5 Å². The second-order valence-electron chi connectivity index (χ2n) is 6.79. The third-order valence-electron chi connectivity index (χ3n) is 5.55. The minimum absolute atomic E-state index is 0.0246. The van der Waals surface area contributed by atoms with Crippen LogP contribution in [0.1, 0.15) is 57.8 Å². The lowest BCUT2D eigenvalue weighted by Gasteiger charge is -2.45. The Balaban J connectivity index is 1.60. The summed E-state index contributed by atoms with van der Waals surface area (Å²) in [6, 6.07) is 0. The lowest BCUT2D eigenvalue weighted by molar-refractivity contribution is -0.163. The Bertz CT molecular complexity index is 274. The Morgan fingerprint density at radius 2 is 1.63 bits per heavy atom. The van der Waals surface area contributed by atoms with E-state index in [4.69, 9.17) is 9.47 Å². The summed E-state index contributed by atoms with van der Waals surface area (Å²) in [7, 11) is 0. The first-order valence-electron chi connectivity index (χ1n) is 8.19. The van der Waals surface area contributed by atoms with Gasteiger partial charge in [0.05, 0.1) is 11.7 Å². The third-order valence-corrected chi connectivity index (χ3v) is 5.55. The van der Waals surface area contributed by atoms with Gasteiger partial charge in [0.2, 0.25) is 0 Å².